The lowest BCUT2D eigenvalue weighted by molar-refractivity contribution is -0.125. The maximum atomic E-state index is 13.6. The molecule has 1 unspecified atom stereocenters. The van der Waals surface area contributed by atoms with Crippen molar-refractivity contribution in [2.45, 2.75) is 32.0 Å². The predicted octanol–water partition coefficient (Wildman–Crippen LogP) is 3.11. The molecule has 1 heterocycles. The van der Waals surface area contributed by atoms with Crippen LogP contribution < -0.4 is 5.32 Å². The second kappa shape index (κ2) is 7.38. The van der Waals surface area contributed by atoms with Gasteiger partial charge in [0.15, 0.2) is 0 Å². The number of rotatable bonds is 5. The van der Waals surface area contributed by atoms with E-state index in [0.717, 1.165) is 25.9 Å². The maximum absolute atomic E-state index is 13.6. The topological polar surface area (TPSA) is 32.3 Å². The molecule has 1 amide bonds. The number of amides is 1. The lowest BCUT2D eigenvalue weighted by atomic mass is 10.1. The van der Waals surface area contributed by atoms with Gasteiger partial charge in [-0.25, -0.2) is 4.39 Å². The average molecular weight is 312 g/mol. The minimum absolute atomic E-state index is 0.0123. The van der Waals surface area contributed by atoms with Crippen LogP contribution in [0.2, 0.25) is 0 Å². The molecule has 0 aliphatic carbocycles. The standard InChI is InChI=1S/C19H21FN2O/c20-17-10-5-4-9-16(17)13-21-19(23)18-11-6-12-22(18)14-15-7-2-1-3-8-15/h1-5,7-10,18H,6,11-14H2,(H,21,23). The Balaban J connectivity index is 1.59. The van der Waals surface area contributed by atoms with Crippen molar-refractivity contribution in [3.05, 3.63) is 71.5 Å². The minimum atomic E-state index is -0.277. The van der Waals surface area contributed by atoms with Crippen LogP contribution in [0.4, 0.5) is 4.39 Å². The molecule has 1 N–H and O–H groups in total. The lowest BCUT2D eigenvalue weighted by Crippen LogP contribution is -2.42. The normalized spacial score (nSPS) is 18.0. The number of halogens is 1. The van der Waals surface area contributed by atoms with E-state index in [1.807, 2.05) is 18.2 Å². The van der Waals surface area contributed by atoms with Gasteiger partial charge in [-0.15, -0.1) is 0 Å². The Labute approximate surface area is 136 Å². The first kappa shape index (κ1) is 15.7. The van der Waals surface area contributed by atoms with Crippen molar-refractivity contribution in [2.75, 3.05) is 6.54 Å². The van der Waals surface area contributed by atoms with E-state index in [1.54, 1.807) is 18.2 Å². The van der Waals surface area contributed by atoms with Gasteiger partial charge in [0.1, 0.15) is 5.82 Å². The number of carbonyl (C=O) groups excluding carboxylic acids is 1. The highest BCUT2D eigenvalue weighted by Crippen LogP contribution is 2.20. The van der Waals surface area contributed by atoms with E-state index >= 15 is 0 Å². The lowest BCUT2D eigenvalue weighted by Gasteiger charge is -2.23. The van der Waals surface area contributed by atoms with Crippen LogP contribution in [0.3, 0.4) is 0 Å². The van der Waals surface area contributed by atoms with Crippen LogP contribution in [0.25, 0.3) is 0 Å². The highest BCUT2D eigenvalue weighted by molar-refractivity contribution is 5.82. The number of likely N-dealkylation sites (tertiary alicyclic amines) is 1. The van der Waals surface area contributed by atoms with Gasteiger partial charge >= 0.3 is 0 Å². The molecule has 1 fully saturated rings. The highest BCUT2D eigenvalue weighted by atomic mass is 19.1. The maximum Gasteiger partial charge on any atom is 0.237 e. The molecule has 3 nitrogen and oxygen atoms in total. The molecule has 0 radical (unpaired) electrons. The quantitative estimate of drug-likeness (QED) is 0.920. The van der Waals surface area contributed by atoms with E-state index in [2.05, 4.69) is 22.3 Å². The van der Waals surface area contributed by atoms with E-state index in [0.29, 0.717) is 5.56 Å². The molecule has 23 heavy (non-hydrogen) atoms. The zero-order valence-electron chi connectivity index (χ0n) is 13.0. The Morgan fingerprint density at radius 1 is 1.13 bits per heavy atom. The molecule has 2 aromatic carbocycles. The van der Waals surface area contributed by atoms with Crippen molar-refractivity contribution >= 4 is 5.91 Å². The smallest absolute Gasteiger partial charge is 0.237 e. The average Bonchev–Trinajstić information content (AvgIpc) is 3.03. The highest BCUT2D eigenvalue weighted by Gasteiger charge is 2.30. The van der Waals surface area contributed by atoms with Gasteiger partial charge in [0.05, 0.1) is 6.04 Å². The van der Waals surface area contributed by atoms with Crippen molar-refractivity contribution in [3.63, 3.8) is 0 Å². The molecule has 1 aliphatic rings. The Hall–Kier alpha value is -2.20. The summed E-state index contributed by atoms with van der Waals surface area (Å²) in [6, 6.07) is 16.6. The molecule has 1 aliphatic heterocycles. The number of nitrogens with one attached hydrogen (secondary N) is 1. The summed E-state index contributed by atoms with van der Waals surface area (Å²) in [6.07, 6.45) is 1.88. The number of carbonyl (C=O) groups is 1. The fraction of sp³-hybridized carbons (Fsp3) is 0.316. The minimum Gasteiger partial charge on any atom is -0.351 e. The largest absolute Gasteiger partial charge is 0.351 e. The molecular weight excluding hydrogens is 291 g/mol. The summed E-state index contributed by atoms with van der Waals surface area (Å²) in [5, 5.41) is 2.88. The summed E-state index contributed by atoms with van der Waals surface area (Å²) >= 11 is 0. The summed E-state index contributed by atoms with van der Waals surface area (Å²) in [6.45, 7) is 1.94. The molecule has 4 heteroatoms. The fourth-order valence-electron chi connectivity index (χ4n) is 3.07. The van der Waals surface area contributed by atoms with E-state index in [-0.39, 0.29) is 24.3 Å². The molecular formula is C19H21FN2O. The second-order valence-corrected chi connectivity index (χ2v) is 5.92. The van der Waals surface area contributed by atoms with Crippen LogP contribution in [0.5, 0.6) is 0 Å². The van der Waals surface area contributed by atoms with Crippen LogP contribution in [-0.2, 0) is 17.9 Å². The van der Waals surface area contributed by atoms with Crippen molar-refractivity contribution in [1.29, 1.82) is 0 Å². The Morgan fingerprint density at radius 3 is 2.65 bits per heavy atom. The van der Waals surface area contributed by atoms with Gasteiger partial charge < -0.3 is 5.32 Å². The number of benzene rings is 2. The Kier molecular flexibility index (Phi) is 5.03. The fourth-order valence-corrected chi connectivity index (χ4v) is 3.07. The van der Waals surface area contributed by atoms with Crippen LogP contribution in [0.15, 0.2) is 54.6 Å². The van der Waals surface area contributed by atoms with Gasteiger partial charge in [-0.3, -0.25) is 9.69 Å². The summed E-state index contributed by atoms with van der Waals surface area (Å²) in [7, 11) is 0. The van der Waals surface area contributed by atoms with Gasteiger partial charge in [0.2, 0.25) is 5.91 Å². The Morgan fingerprint density at radius 2 is 1.87 bits per heavy atom. The predicted molar refractivity (Wildman–Crippen MR) is 88.1 cm³/mol. The second-order valence-electron chi connectivity index (χ2n) is 5.92. The van der Waals surface area contributed by atoms with Gasteiger partial charge in [0, 0.05) is 18.7 Å². The third-order valence-corrected chi connectivity index (χ3v) is 4.31. The van der Waals surface area contributed by atoms with Crippen molar-refractivity contribution in [2.24, 2.45) is 0 Å². The zero-order chi connectivity index (χ0) is 16.1. The molecule has 3 rings (SSSR count). The van der Waals surface area contributed by atoms with Crippen molar-refractivity contribution < 1.29 is 9.18 Å². The monoisotopic (exact) mass is 312 g/mol. The van der Waals surface area contributed by atoms with E-state index in [4.69, 9.17) is 0 Å². The van der Waals surface area contributed by atoms with E-state index in [1.165, 1.54) is 11.6 Å². The van der Waals surface area contributed by atoms with Crippen LogP contribution in [0, 0.1) is 5.82 Å². The van der Waals surface area contributed by atoms with Crippen molar-refractivity contribution in [3.8, 4) is 0 Å². The summed E-state index contributed by atoms with van der Waals surface area (Å²) in [5.74, 6) is -0.290. The third kappa shape index (κ3) is 3.96. The van der Waals surface area contributed by atoms with Gasteiger partial charge in [0.25, 0.3) is 0 Å². The first-order chi connectivity index (χ1) is 11.2. The van der Waals surface area contributed by atoms with Gasteiger partial charge in [-0.2, -0.15) is 0 Å². The van der Waals surface area contributed by atoms with Crippen LogP contribution >= 0.6 is 0 Å². The molecule has 0 bridgehead atoms. The number of hydrogen-bond donors (Lipinski definition) is 1. The van der Waals surface area contributed by atoms with Gasteiger partial charge in [-0.05, 0) is 31.0 Å². The van der Waals surface area contributed by atoms with Gasteiger partial charge in [-0.1, -0.05) is 48.5 Å². The molecule has 0 spiro atoms. The van der Waals surface area contributed by atoms with E-state index < -0.39 is 0 Å². The first-order valence-corrected chi connectivity index (χ1v) is 8.03. The number of nitrogens with zero attached hydrogens (tertiary/aromatic N) is 1. The Bertz CT molecular complexity index is 659. The molecule has 120 valence electrons. The summed E-state index contributed by atoms with van der Waals surface area (Å²) < 4.78 is 13.6. The molecule has 0 aromatic heterocycles. The molecule has 0 saturated carbocycles. The third-order valence-electron chi connectivity index (χ3n) is 4.31. The molecule has 1 saturated heterocycles. The molecule has 2 aromatic rings. The summed E-state index contributed by atoms with van der Waals surface area (Å²) in [5.41, 5.74) is 1.73. The van der Waals surface area contributed by atoms with Crippen LogP contribution in [-0.4, -0.2) is 23.4 Å². The number of hydrogen-bond acceptors (Lipinski definition) is 2. The van der Waals surface area contributed by atoms with E-state index in [9.17, 15) is 9.18 Å². The zero-order valence-corrected chi connectivity index (χ0v) is 13.0. The summed E-state index contributed by atoms with van der Waals surface area (Å²) in [4.78, 5) is 14.7. The van der Waals surface area contributed by atoms with Crippen molar-refractivity contribution in [1.82, 2.24) is 10.2 Å². The first-order valence-electron chi connectivity index (χ1n) is 8.03. The SMILES string of the molecule is O=C(NCc1ccccc1F)C1CCCN1Cc1ccccc1. The van der Waals surface area contributed by atoms with Crippen LogP contribution in [0.1, 0.15) is 24.0 Å². The molecule has 1 atom stereocenters.